The normalized spacial score (nSPS) is 11.6. The van der Waals surface area contributed by atoms with Gasteiger partial charge >= 0.3 is 0 Å². The highest BCUT2D eigenvalue weighted by Crippen LogP contribution is 2.28. The minimum Gasteiger partial charge on any atom is -0.504 e. The summed E-state index contributed by atoms with van der Waals surface area (Å²) >= 11 is 5.86. The summed E-state index contributed by atoms with van der Waals surface area (Å²) in [6.45, 7) is -0.747. The van der Waals surface area contributed by atoms with E-state index in [-0.39, 0.29) is 28.5 Å². The molecule has 0 spiro atoms. The van der Waals surface area contributed by atoms with E-state index in [2.05, 4.69) is 10.5 Å². The van der Waals surface area contributed by atoms with Crippen molar-refractivity contribution in [1.82, 2.24) is 9.73 Å². The van der Waals surface area contributed by atoms with Gasteiger partial charge in [-0.15, -0.1) is 0 Å². The van der Waals surface area contributed by atoms with Crippen LogP contribution in [0, 0.1) is 5.82 Å². The summed E-state index contributed by atoms with van der Waals surface area (Å²) in [5, 5.41) is 14.2. The summed E-state index contributed by atoms with van der Waals surface area (Å²) in [4.78, 5) is 12.5. The number of nitrogens with one attached hydrogen (secondary N) is 1. The standard InChI is InChI=1S/C23H21ClFN3O5S/c1-33-21-4-2-3-17(23(21)30)13-26-27-22(29)15-28(14-16-5-9-19(25)10-6-16)34(31,32)20-11-7-18(24)8-12-20/h2-13,30H,14-15H2,1H3,(H,27,29)/b26-13-. The number of phenols is 1. The average molecular weight is 506 g/mol. The third kappa shape index (κ3) is 6.31. The Bertz CT molecular complexity index is 1280. The number of aromatic hydroxyl groups is 1. The first-order valence-electron chi connectivity index (χ1n) is 9.88. The molecule has 0 saturated heterocycles. The number of benzene rings is 3. The second kappa shape index (κ2) is 11.1. The summed E-state index contributed by atoms with van der Waals surface area (Å²) in [6, 6.07) is 15.5. The number of nitrogens with zero attached hydrogens (tertiary/aromatic N) is 2. The number of phenolic OH excluding ortho intramolecular Hbond substituents is 1. The lowest BCUT2D eigenvalue weighted by atomic mass is 10.2. The van der Waals surface area contributed by atoms with Crippen molar-refractivity contribution in [3.05, 3.63) is 88.7 Å². The number of halogens is 2. The van der Waals surface area contributed by atoms with Gasteiger partial charge in [-0.05, 0) is 54.1 Å². The lowest BCUT2D eigenvalue weighted by Gasteiger charge is -2.21. The fraction of sp³-hybridized carbons (Fsp3) is 0.130. The topological polar surface area (TPSA) is 108 Å². The summed E-state index contributed by atoms with van der Waals surface area (Å²) in [7, 11) is -2.71. The fourth-order valence-electron chi connectivity index (χ4n) is 2.95. The Hall–Kier alpha value is -3.47. The minimum absolute atomic E-state index is 0.0587. The SMILES string of the molecule is COc1cccc(/C=N\NC(=O)CN(Cc2ccc(F)cc2)S(=O)(=O)c2ccc(Cl)cc2)c1O. The molecule has 3 rings (SSSR count). The predicted molar refractivity (Wildman–Crippen MR) is 126 cm³/mol. The van der Waals surface area contributed by atoms with Gasteiger partial charge in [0.15, 0.2) is 11.5 Å². The van der Waals surface area contributed by atoms with E-state index < -0.39 is 28.3 Å². The molecular weight excluding hydrogens is 485 g/mol. The second-order valence-corrected chi connectivity index (χ2v) is 9.42. The monoisotopic (exact) mass is 505 g/mol. The van der Waals surface area contributed by atoms with E-state index in [1.807, 2.05) is 0 Å². The van der Waals surface area contributed by atoms with Crippen LogP contribution in [0.3, 0.4) is 0 Å². The van der Waals surface area contributed by atoms with Gasteiger partial charge in [-0.1, -0.05) is 29.8 Å². The van der Waals surface area contributed by atoms with Gasteiger partial charge in [0.2, 0.25) is 10.0 Å². The molecule has 34 heavy (non-hydrogen) atoms. The number of rotatable bonds is 9. The van der Waals surface area contributed by atoms with Crippen LogP contribution in [-0.2, 0) is 21.4 Å². The number of hydrazone groups is 1. The number of sulfonamides is 1. The van der Waals surface area contributed by atoms with E-state index in [0.29, 0.717) is 10.6 Å². The van der Waals surface area contributed by atoms with Crippen molar-refractivity contribution >= 4 is 33.7 Å². The first-order chi connectivity index (χ1) is 16.2. The van der Waals surface area contributed by atoms with Crippen molar-refractivity contribution in [1.29, 1.82) is 0 Å². The molecule has 0 fully saturated rings. The molecule has 178 valence electrons. The molecule has 0 aromatic heterocycles. The van der Waals surface area contributed by atoms with E-state index in [9.17, 15) is 22.7 Å². The summed E-state index contributed by atoms with van der Waals surface area (Å²) in [5.41, 5.74) is 3.02. The highest BCUT2D eigenvalue weighted by atomic mass is 35.5. The van der Waals surface area contributed by atoms with Gasteiger partial charge in [-0.3, -0.25) is 4.79 Å². The van der Waals surface area contributed by atoms with E-state index in [1.54, 1.807) is 18.2 Å². The molecule has 8 nitrogen and oxygen atoms in total. The van der Waals surface area contributed by atoms with Crippen molar-refractivity contribution < 1.29 is 27.4 Å². The number of hydrogen-bond donors (Lipinski definition) is 2. The fourth-order valence-corrected chi connectivity index (χ4v) is 4.46. The molecule has 0 atom stereocenters. The summed E-state index contributed by atoms with van der Waals surface area (Å²) in [5.74, 6) is -1.12. The minimum atomic E-state index is -4.10. The highest BCUT2D eigenvalue weighted by Gasteiger charge is 2.27. The first kappa shape index (κ1) is 25.2. The number of methoxy groups -OCH3 is 1. The first-order valence-corrected chi connectivity index (χ1v) is 11.7. The van der Waals surface area contributed by atoms with Crippen LogP contribution in [0.15, 0.2) is 76.7 Å². The lowest BCUT2D eigenvalue weighted by Crippen LogP contribution is -2.39. The number of amides is 1. The Morgan fingerprint density at radius 2 is 1.82 bits per heavy atom. The number of ether oxygens (including phenoxy) is 1. The van der Waals surface area contributed by atoms with Gasteiger partial charge in [-0.2, -0.15) is 9.41 Å². The molecule has 0 saturated carbocycles. The van der Waals surface area contributed by atoms with Crippen LogP contribution in [0.1, 0.15) is 11.1 Å². The number of hydrogen-bond acceptors (Lipinski definition) is 6. The summed E-state index contributed by atoms with van der Waals surface area (Å²) in [6.07, 6.45) is 1.20. The lowest BCUT2D eigenvalue weighted by molar-refractivity contribution is -0.121. The van der Waals surface area contributed by atoms with Crippen LogP contribution in [0.5, 0.6) is 11.5 Å². The molecule has 1 amide bonds. The number of para-hydroxylation sites is 1. The van der Waals surface area contributed by atoms with Crippen LogP contribution in [0.2, 0.25) is 5.02 Å². The zero-order chi connectivity index (χ0) is 24.7. The number of carbonyl (C=O) groups is 1. The largest absolute Gasteiger partial charge is 0.504 e. The van der Waals surface area contributed by atoms with E-state index in [0.717, 1.165) is 4.31 Å². The summed E-state index contributed by atoms with van der Waals surface area (Å²) < 4.78 is 45.6. The highest BCUT2D eigenvalue weighted by molar-refractivity contribution is 7.89. The Morgan fingerprint density at radius 1 is 1.15 bits per heavy atom. The molecule has 0 aliphatic carbocycles. The zero-order valence-corrected chi connectivity index (χ0v) is 19.6. The number of carbonyl (C=O) groups excluding carboxylic acids is 1. The quantitative estimate of drug-likeness (QED) is 0.341. The van der Waals surface area contributed by atoms with Gasteiger partial charge in [-0.25, -0.2) is 18.2 Å². The van der Waals surface area contributed by atoms with Crippen molar-refractivity contribution in [2.45, 2.75) is 11.4 Å². The van der Waals surface area contributed by atoms with Gasteiger partial charge in [0, 0.05) is 17.1 Å². The van der Waals surface area contributed by atoms with Crippen molar-refractivity contribution in [2.24, 2.45) is 5.10 Å². The molecule has 0 bridgehead atoms. The molecule has 0 radical (unpaired) electrons. The van der Waals surface area contributed by atoms with Crippen LogP contribution < -0.4 is 10.2 Å². The van der Waals surface area contributed by atoms with Crippen molar-refractivity contribution in [3.63, 3.8) is 0 Å². The van der Waals surface area contributed by atoms with Gasteiger partial charge in [0.25, 0.3) is 5.91 Å². The van der Waals surface area contributed by atoms with Crippen LogP contribution in [0.25, 0.3) is 0 Å². The molecule has 3 aromatic carbocycles. The predicted octanol–water partition coefficient (Wildman–Crippen LogP) is 3.53. The van der Waals surface area contributed by atoms with Crippen molar-refractivity contribution in [3.8, 4) is 11.5 Å². The second-order valence-electron chi connectivity index (χ2n) is 7.04. The van der Waals surface area contributed by atoms with Gasteiger partial charge in [0.05, 0.1) is 24.8 Å². The maximum Gasteiger partial charge on any atom is 0.255 e. The Kier molecular flexibility index (Phi) is 8.21. The molecule has 0 aliphatic heterocycles. The molecule has 11 heteroatoms. The Morgan fingerprint density at radius 3 is 2.47 bits per heavy atom. The molecule has 2 N–H and O–H groups in total. The van der Waals surface area contributed by atoms with E-state index in [4.69, 9.17) is 16.3 Å². The van der Waals surface area contributed by atoms with Crippen molar-refractivity contribution in [2.75, 3.05) is 13.7 Å². The molecular formula is C23H21ClFN3O5S. The molecule has 0 unspecified atom stereocenters. The smallest absolute Gasteiger partial charge is 0.255 e. The molecule has 3 aromatic rings. The molecule has 0 heterocycles. The third-order valence-electron chi connectivity index (χ3n) is 4.69. The van der Waals surface area contributed by atoms with Crippen LogP contribution in [0.4, 0.5) is 4.39 Å². The Labute approximate surface area is 201 Å². The zero-order valence-electron chi connectivity index (χ0n) is 18.0. The average Bonchev–Trinajstić information content (AvgIpc) is 2.81. The maximum absolute atomic E-state index is 13.3. The van der Waals surface area contributed by atoms with Gasteiger partial charge in [0.1, 0.15) is 5.82 Å². The third-order valence-corrected chi connectivity index (χ3v) is 6.74. The van der Waals surface area contributed by atoms with E-state index in [1.165, 1.54) is 61.9 Å². The van der Waals surface area contributed by atoms with E-state index >= 15 is 0 Å². The van der Waals surface area contributed by atoms with Crippen LogP contribution in [-0.4, -0.2) is 43.6 Å². The van der Waals surface area contributed by atoms with Gasteiger partial charge < -0.3 is 9.84 Å². The maximum atomic E-state index is 13.3. The molecule has 0 aliphatic rings. The Balaban J connectivity index is 1.79. The van der Waals surface area contributed by atoms with Crippen LogP contribution >= 0.6 is 11.6 Å².